The molecule has 1 aliphatic carbocycles. The Kier molecular flexibility index (Phi) is 2.38. The molecule has 2 aliphatic rings. The summed E-state index contributed by atoms with van der Waals surface area (Å²) in [6, 6.07) is 6.11. The van der Waals surface area contributed by atoms with Crippen LogP contribution < -0.4 is 5.32 Å². The van der Waals surface area contributed by atoms with Gasteiger partial charge in [-0.15, -0.1) is 0 Å². The standard InChI is InChI=1S/C13H15NO2S/c1-9-2-5-13-12(6-9)10(8-17(13,15)16)7-14-11-3-4-11/h2,5-6,8,11,14H,3-4,7H2,1H3. The van der Waals surface area contributed by atoms with Crippen molar-refractivity contribution >= 4 is 15.4 Å². The van der Waals surface area contributed by atoms with E-state index in [0.29, 0.717) is 17.5 Å². The Balaban J connectivity index is 1.97. The molecule has 1 fully saturated rings. The highest BCUT2D eigenvalue weighted by Crippen LogP contribution is 2.34. The third kappa shape index (κ3) is 2.03. The van der Waals surface area contributed by atoms with Gasteiger partial charge in [0.15, 0.2) is 0 Å². The lowest BCUT2D eigenvalue weighted by Crippen LogP contribution is -2.18. The minimum atomic E-state index is -3.20. The number of aryl methyl sites for hydroxylation is 1. The maximum atomic E-state index is 11.9. The molecule has 0 radical (unpaired) electrons. The van der Waals surface area contributed by atoms with E-state index in [0.717, 1.165) is 16.7 Å². The normalized spacial score (nSPS) is 21.1. The van der Waals surface area contributed by atoms with Crippen LogP contribution in [0.4, 0.5) is 0 Å². The molecule has 0 bridgehead atoms. The molecule has 3 nitrogen and oxygen atoms in total. The van der Waals surface area contributed by atoms with Crippen molar-refractivity contribution in [3.63, 3.8) is 0 Å². The molecule has 1 aromatic rings. The fourth-order valence-corrected chi connectivity index (χ4v) is 3.60. The molecule has 1 heterocycles. The number of hydrogen-bond acceptors (Lipinski definition) is 3. The van der Waals surface area contributed by atoms with Crippen molar-refractivity contribution in [1.82, 2.24) is 5.32 Å². The summed E-state index contributed by atoms with van der Waals surface area (Å²) in [6.07, 6.45) is 2.42. The lowest BCUT2D eigenvalue weighted by atomic mass is 10.1. The quantitative estimate of drug-likeness (QED) is 0.889. The minimum Gasteiger partial charge on any atom is -0.310 e. The van der Waals surface area contributed by atoms with Gasteiger partial charge in [0.05, 0.1) is 4.90 Å². The van der Waals surface area contributed by atoms with E-state index in [2.05, 4.69) is 5.32 Å². The lowest BCUT2D eigenvalue weighted by molar-refractivity contribution is 0.605. The lowest BCUT2D eigenvalue weighted by Gasteiger charge is -2.06. The molecule has 0 amide bonds. The van der Waals surface area contributed by atoms with Gasteiger partial charge in [-0.2, -0.15) is 0 Å². The monoisotopic (exact) mass is 249 g/mol. The van der Waals surface area contributed by atoms with Crippen LogP contribution in [-0.2, 0) is 9.84 Å². The van der Waals surface area contributed by atoms with Crippen LogP contribution in [0.2, 0.25) is 0 Å². The third-order valence-electron chi connectivity index (χ3n) is 3.24. The van der Waals surface area contributed by atoms with Crippen LogP contribution in [0.5, 0.6) is 0 Å². The highest BCUT2D eigenvalue weighted by atomic mass is 32.2. The zero-order chi connectivity index (χ0) is 12.0. The molecule has 90 valence electrons. The predicted octanol–water partition coefficient (Wildman–Crippen LogP) is 1.88. The summed E-state index contributed by atoms with van der Waals surface area (Å²) in [5, 5.41) is 4.77. The number of sulfone groups is 1. The number of rotatable bonds is 3. The van der Waals surface area contributed by atoms with Crippen molar-refractivity contribution in [3.05, 3.63) is 34.7 Å². The van der Waals surface area contributed by atoms with Gasteiger partial charge < -0.3 is 5.32 Å². The molecule has 1 N–H and O–H groups in total. The zero-order valence-corrected chi connectivity index (χ0v) is 10.5. The van der Waals surface area contributed by atoms with Crippen LogP contribution in [0.1, 0.15) is 24.0 Å². The Labute approximate surface area is 101 Å². The first kappa shape index (κ1) is 11.0. The van der Waals surface area contributed by atoms with E-state index in [9.17, 15) is 8.42 Å². The molecular weight excluding hydrogens is 234 g/mol. The Bertz CT molecular complexity index is 598. The first-order chi connectivity index (χ1) is 8.06. The summed E-state index contributed by atoms with van der Waals surface area (Å²) in [4.78, 5) is 0.454. The van der Waals surface area contributed by atoms with Crippen molar-refractivity contribution in [2.24, 2.45) is 0 Å². The van der Waals surface area contributed by atoms with Crippen LogP contribution in [0.3, 0.4) is 0 Å². The fourth-order valence-electron chi connectivity index (χ4n) is 2.14. The molecule has 0 saturated heterocycles. The minimum absolute atomic E-state index is 0.454. The summed E-state index contributed by atoms with van der Waals surface area (Å²) < 4.78 is 23.9. The van der Waals surface area contributed by atoms with Gasteiger partial charge in [-0.3, -0.25) is 0 Å². The van der Waals surface area contributed by atoms with Crippen molar-refractivity contribution in [2.45, 2.75) is 30.7 Å². The van der Waals surface area contributed by atoms with E-state index in [1.54, 1.807) is 6.07 Å². The molecule has 17 heavy (non-hydrogen) atoms. The van der Waals surface area contributed by atoms with Gasteiger partial charge in [0, 0.05) is 18.0 Å². The summed E-state index contributed by atoms with van der Waals surface area (Å²) >= 11 is 0. The second-order valence-electron chi connectivity index (χ2n) is 4.84. The number of hydrogen-bond donors (Lipinski definition) is 1. The SMILES string of the molecule is Cc1ccc2c(c1)C(CNC1CC1)=CS2(=O)=O. The van der Waals surface area contributed by atoms with Crippen molar-refractivity contribution in [2.75, 3.05) is 6.54 Å². The van der Waals surface area contributed by atoms with Gasteiger partial charge in [-0.1, -0.05) is 17.7 Å². The summed E-state index contributed by atoms with van der Waals surface area (Å²) in [5.74, 6) is 0. The first-order valence-corrected chi connectivity index (χ1v) is 7.41. The van der Waals surface area contributed by atoms with Crippen molar-refractivity contribution in [3.8, 4) is 0 Å². The number of benzene rings is 1. The number of fused-ring (bicyclic) bond motifs is 1. The molecule has 1 aliphatic heterocycles. The van der Waals surface area contributed by atoms with Gasteiger partial charge in [-0.25, -0.2) is 8.42 Å². The van der Waals surface area contributed by atoms with Crippen molar-refractivity contribution < 1.29 is 8.42 Å². The second-order valence-corrected chi connectivity index (χ2v) is 6.61. The largest absolute Gasteiger partial charge is 0.310 e. The first-order valence-electron chi connectivity index (χ1n) is 5.86. The average Bonchev–Trinajstić information content (AvgIpc) is 3.03. The van der Waals surface area contributed by atoms with Gasteiger partial charge in [0.25, 0.3) is 0 Å². The van der Waals surface area contributed by atoms with E-state index in [1.807, 2.05) is 19.1 Å². The fraction of sp³-hybridized carbons (Fsp3) is 0.385. The predicted molar refractivity (Wildman–Crippen MR) is 67.4 cm³/mol. The molecule has 0 unspecified atom stereocenters. The van der Waals surface area contributed by atoms with E-state index in [4.69, 9.17) is 0 Å². The number of nitrogens with one attached hydrogen (secondary N) is 1. The summed E-state index contributed by atoms with van der Waals surface area (Å²) in [6.45, 7) is 2.64. The molecule has 1 aromatic carbocycles. The Morgan fingerprint density at radius 3 is 2.82 bits per heavy atom. The Morgan fingerprint density at radius 1 is 1.35 bits per heavy atom. The van der Waals surface area contributed by atoms with Crippen LogP contribution in [0, 0.1) is 6.92 Å². The summed E-state index contributed by atoms with van der Waals surface area (Å²) in [7, 11) is -3.20. The van der Waals surface area contributed by atoms with Crippen molar-refractivity contribution in [1.29, 1.82) is 0 Å². The molecule has 0 atom stereocenters. The van der Waals surface area contributed by atoms with E-state index >= 15 is 0 Å². The van der Waals surface area contributed by atoms with Gasteiger partial charge in [-0.05, 0) is 37.0 Å². The third-order valence-corrected chi connectivity index (χ3v) is 4.81. The molecule has 1 saturated carbocycles. The van der Waals surface area contributed by atoms with E-state index < -0.39 is 9.84 Å². The molecule has 3 rings (SSSR count). The Hall–Kier alpha value is -1.13. The second kappa shape index (κ2) is 3.68. The molecule has 0 spiro atoms. The molecular formula is C13H15NO2S. The highest BCUT2D eigenvalue weighted by Gasteiger charge is 2.28. The van der Waals surface area contributed by atoms with Crippen LogP contribution in [-0.4, -0.2) is 21.0 Å². The van der Waals surface area contributed by atoms with E-state index in [-0.39, 0.29) is 0 Å². The van der Waals surface area contributed by atoms with Crippen LogP contribution in [0.25, 0.3) is 5.57 Å². The summed E-state index contributed by atoms with van der Waals surface area (Å²) in [5.41, 5.74) is 2.87. The van der Waals surface area contributed by atoms with Gasteiger partial charge in [0.2, 0.25) is 9.84 Å². The molecule has 0 aromatic heterocycles. The highest BCUT2D eigenvalue weighted by molar-refractivity contribution is 7.95. The van der Waals surface area contributed by atoms with Gasteiger partial charge >= 0.3 is 0 Å². The Morgan fingerprint density at radius 2 is 2.12 bits per heavy atom. The molecule has 4 heteroatoms. The van der Waals surface area contributed by atoms with Gasteiger partial charge in [0.1, 0.15) is 0 Å². The maximum Gasteiger partial charge on any atom is 0.200 e. The maximum absolute atomic E-state index is 11.9. The van der Waals surface area contributed by atoms with Crippen LogP contribution in [0.15, 0.2) is 28.5 Å². The van der Waals surface area contributed by atoms with Crippen LogP contribution >= 0.6 is 0 Å². The zero-order valence-electron chi connectivity index (χ0n) is 9.73. The van der Waals surface area contributed by atoms with E-state index in [1.165, 1.54) is 18.2 Å². The topological polar surface area (TPSA) is 46.2 Å². The smallest absolute Gasteiger partial charge is 0.200 e. The average molecular weight is 249 g/mol.